The third kappa shape index (κ3) is 3.93. The zero-order chi connectivity index (χ0) is 20.5. The number of pyridine rings is 1. The normalized spacial score (nSPS) is 14.0. The minimum Gasteiger partial charge on any atom is -0.358 e. The van der Waals surface area contributed by atoms with Gasteiger partial charge in [0.1, 0.15) is 0 Å². The maximum Gasteiger partial charge on any atom is 0.238 e. The van der Waals surface area contributed by atoms with Crippen LogP contribution in [0.4, 0.5) is 5.69 Å². The average Bonchev–Trinajstić information content (AvgIpc) is 2.72. The van der Waals surface area contributed by atoms with Crippen molar-refractivity contribution >= 4 is 34.1 Å². The fourth-order valence-electron chi connectivity index (χ4n) is 3.88. The van der Waals surface area contributed by atoms with Gasteiger partial charge < -0.3 is 10.3 Å². The molecule has 0 spiro atoms. The second kappa shape index (κ2) is 8.01. The van der Waals surface area contributed by atoms with Gasteiger partial charge in [0.2, 0.25) is 5.91 Å². The topological polar surface area (TPSA) is 65.2 Å². The summed E-state index contributed by atoms with van der Waals surface area (Å²) in [7, 11) is 0. The molecular formula is C23H24ClN3O2. The van der Waals surface area contributed by atoms with Crippen LogP contribution in [0, 0.1) is 6.92 Å². The lowest BCUT2D eigenvalue weighted by molar-refractivity contribution is -0.117. The number of hydrogen-bond donors (Lipinski definition) is 2. The van der Waals surface area contributed by atoms with Crippen molar-refractivity contribution in [3.05, 3.63) is 74.0 Å². The van der Waals surface area contributed by atoms with Crippen LogP contribution >= 0.6 is 11.6 Å². The molecule has 0 aliphatic carbocycles. The van der Waals surface area contributed by atoms with Gasteiger partial charge in [0.15, 0.2) is 5.43 Å². The van der Waals surface area contributed by atoms with Gasteiger partial charge in [-0.3, -0.25) is 14.5 Å². The van der Waals surface area contributed by atoms with E-state index < -0.39 is 0 Å². The Kier molecular flexibility index (Phi) is 5.43. The standard InChI is InChI=1S/C23H24ClN3O2/c1-3-15-4-6-16(7-5-15)25-21(28)13-27-11-10-20-18(12-27)23(29)17-8-9-19(24)14(2)22(17)26-20/h4-9H,3,10-13H2,1-2H3,(H,25,28)(H,26,29). The first-order chi connectivity index (χ1) is 14.0. The molecule has 0 atom stereocenters. The number of rotatable bonds is 4. The van der Waals surface area contributed by atoms with Crippen LogP contribution in [0.5, 0.6) is 0 Å². The first-order valence-corrected chi connectivity index (χ1v) is 10.3. The van der Waals surface area contributed by atoms with Crippen LogP contribution in [0.2, 0.25) is 5.02 Å². The molecule has 4 rings (SSSR count). The van der Waals surface area contributed by atoms with Crippen LogP contribution < -0.4 is 10.7 Å². The summed E-state index contributed by atoms with van der Waals surface area (Å²) in [5, 5.41) is 4.23. The third-order valence-electron chi connectivity index (χ3n) is 5.63. The molecular weight excluding hydrogens is 386 g/mol. The number of aryl methyl sites for hydroxylation is 2. The predicted octanol–water partition coefficient (Wildman–Crippen LogP) is 4.05. The van der Waals surface area contributed by atoms with E-state index in [1.54, 1.807) is 12.1 Å². The number of amides is 1. The van der Waals surface area contributed by atoms with Crippen LogP contribution in [-0.4, -0.2) is 28.9 Å². The molecule has 0 radical (unpaired) electrons. The van der Waals surface area contributed by atoms with Crippen molar-refractivity contribution < 1.29 is 4.79 Å². The molecule has 1 amide bonds. The number of nitrogens with one attached hydrogen (secondary N) is 2. The monoisotopic (exact) mass is 409 g/mol. The van der Waals surface area contributed by atoms with Gasteiger partial charge in [0.05, 0.1) is 12.1 Å². The summed E-state index contributed by atoms with van der Waals surface area (Å²) in [6.45, 7) is 5.45. The van der Waals surface area contributed by atoms with Crippen LogP contribution in [0.1, 0.15) is 29.3 Å². The summed E-state index contributed by atoms with van der Waals surface area (Å²) in [5.74, 6) is -0.0717. The number of H-pyrrole nitrogens is 1. The fourth-order valence-corrected chi connectivity index (χ4v) is 4.04. The molecule has 0 unspecified atom stereocenters. The number of aromatic nitrogens is 1. The molecule has 2 aromatic carbocycles. The van der Waals surface area contributed by atoms with E-state index in [1.165, 1.54) is 5.56 Å². The Balaban J connectivity index is 1.51. The maximum absolute atomic E-state index is 13.0. The van der Waals surface area contributed by atoms with Gasteiger partial charge in [-0.2, -0.15) is 0 Å². The number of hydrogen-bond acceptors (Lipinski definition) is 3. The Morgan fingerprint density at radius 2 is 1.97 bits per heavy atom. The minimum atomic E-state index is -0.0717. The molecule has 2 heterocycles. The predicted molar refractivity (Wildman–Crippen MR) is 118 cm³/mol. The van der Waals surface area contributed by atoms with Gasteiger partial charge in [-0.1, -0.05) is 30.7 Å². The van der Waals surface area contributed by atoms with Crippen molar-refractivity contribution in [1.82, 2.24) is 9.88 Å². The highest BCUT2D eigenvalue weighted by Crippen LogP contribution is 2.25. The summed E-state index contributed by atoms with van der Waals surface area (Å²) in [6, 6.07) is 11.4. The molecule has 0 bridgehead atoms. The number of fused-ring (bicyclic) bond motifs is 2. The highest BCUT2D eigenvalue weighted by Gasteiger charge is 2.23. The molecule has 1 aliphatic rings. The van der Waals surface area contributed by atoms with E-state index in [4.69, 9.17) is 11.6 Å². The van der Waals surface area contributed by atoms with Crippen molar-refractivity contribution in [2.75, 3.05) is 18.4 Å². The van der Waals surface area contributed by atoms with Gasteiger partial charge in [0, 0.05) is 46.9 Å². The molecule has 1 aromatic heterocycles. The number of carbonyl (C=O) groups is 1. The van der Waals surface area contributed by atoms with Crippen molar-refractivity contribution in [2.45, 2.75) is 33.2 Å². The SMILES string of the molecule is CCc1ccc(NC(=O)CN2CCc3[nH]c4c(C)c(Cl)ccc4c(=O)c3C2)cc1. The number of benzene rings is 2. The first kappa shape index (κ1) is 19.7. The molecule has 0 saturated heterocycles. The maximum atomic E-state index is 13.0. The molecule has 29 heavy (non-hydrogen) atoms. The van der Waals surface area contributed by atoms with Crippen molar-refractivity contribution in [2.24, 2.45) is 0 Å². The second-order valence-electron chi connectivity index (χ2n) is 7.57. The summed E-state index contributed by atoms with van der Waals surface area (Å²) < 4.78 is 0. The molecule has 5 nitrogen and oxygen atoms in total. The zero-order valence-electron chi connectivity index (χ0n) is 16.6. The number of halogens is 1. The summed E-state index contributed by atoms with van der Waals surface area (Å²) in [4.78, 5) is 30.9. The molecule has 1 aliphatic heterocycles. The Bertz CT molecular complexity index is 1140. The highest BCUT2D eigenvalue weighted by atomic mass is 35.5. The van der Waals surface area contributed by atoms with Gasteiger partial charge in [0.25, 0.3) is 0 Å². The third-order valence-corrected chi connectivity index (χ3v) is 6.04. The zero-order valence-corrected chi connectivity index (χ0v) is 17.4. The van der Waals surface area contributed by atoms with Crippen molar-refractivity contribution in [1.29, 1.82) is 0 Å². The summed E-state index contributed by atoms with van der Waals surface area (Å²) in [6.07, 6.45) is 1.67. The lowest BCUT2D eigenvalue weighted by Gasteiger charge is -2.28. The van der Waals surface area contributed by atoms with E-state index in [0.29, 0.717) is 23.4 Å². The molecule has 0 fully saturated rings. The quantitative estimate of drug-likeness (QED) is 0.683. The molecule has 6 heteroatoms. The Hall–Kier alpha value is -2.63. The fraction of sp³-hybridized carbons (Fsp3) is 0.304. The number of carbonyl (C=O) groups excluding carboxylic acids is 1. The number of nitrogens with zero attached hydrogens (tertiary/aromatic N) is 1. The second-order valence-corrected chi connectivity index (χ2v) is 7.97. The Morgan fingerprint density at radius 1 is 1.21 bits per heavy atom. The van der Waals surface area contributed by atoms with Crippen LogP contribution in [-0.2, 0) is 24.2 Å². The lowest BCUT2D eigenvalue weighted by atomic mass is 10.0. The highest BCUT2D eigenvalue weighted by molar-refractivity contribution is 6.32. The lowest BCUT2D eigenvalue weighted by Crippen LogP contribution is -2.39. The Labute approximate surface area is 174 Å². The van der Waals surface area contributed by atoms with Gasteiger partial charge in [-0.15, -0.1) is 0 Å². The van der Waals surface area contributed by atoms with Crippen molar-refractivity contribution in [3.8, 4) is 0 Å². The number of anilines is 1. The molecule has 0 saturated carbocycles. The minimum absolute atomic E-state index is 0.0220. The largest absolute Gasteiger partial charge is 0.358 e. The van der Waals surface area contributed by atoms with E-state index in [0.717, 1.165) is 41.0 Å². The molecule has 3 aromatic rings. The smallest absolute Gasteiger partial charge is 0.238 e. The Morgan fingerprint density at radius 3 is 2.69 bits per heavy atom. The number of aromatic amines is 1. The van der Waals surface area contributed by atoms with Crippen LogP contribution in [0.3, 0.4) is 0 Å². The van der Waals surface area contributed by atoms with E-state index >= 15 is 0 Å². The van der Waals surface area contributed by atoms with Crippen LogP contribution in [0.15, 0.2) is 41.2 Å². The van der Waals surface area contributed by atoms with E-state index in [9.17, 15) is 9.59 Å². The van der Waals surface area contributed by atoms with Gasteiger partial charge in [-0.05, 0) is 48.7 Å². The van der Waals surface area contributed by atoms with E-state index in [-0.39, 0.29) is 17.9 Å². The van der Waals surface area contributed by atoms with Crippen molar-refractivity contribution in [3.63, 3.8) is 0 Å². The van der Waals surface area contributed by atoms with Crippen LogP contribution in [0.25, 0.3) is 10.9 Å². The van der Waals surface area contributed by atoms with E-state index in [2.05, 4.69) is 17.2 Å². The average molecular weight is 410 g/mol. The molecule has 2 N–H and O–H groups in total. The van der Waals surface area contributed by atoms with Gasteiger partial charge in [-0.25, -0.2) is 0 Å². The first-order valence-electron chi connectivity index (χ1n) is 9.90. The van der Waals surface area contributed by atoms with E-state index in [1.807, 2.05) is 36.1 Å². The van der Waals surface area contributed by atoms with Gasteiger partial charge >= 0.3 is 0 Å². The summed E-state index contributed by atoms with van der Waals surface area (Å²) in [5.41, 5.74) is 5.43. The molecule has 150 valence electrons. The summed E-state index contributed by atoms with van der Waals surface area (Å²) >= 11 is 6.21.